The molecule has 5 rings (SSSR count). The number of carbonyl (C=O) groups is 1. The van der Waals surface area contributed by atoms with Gasteiger partial charge in [-0.3, -0.25) is 20.2 Å². The van der Waals surface area contributed by atoms with Gasteiger partial charge in [0.2, 0.25) is 10.0 Å². The van der Waals surface area contributed by atoms with E-state index >= 15 is 0 Å². The minimum atomic E-state index is -3.70. The second-order valence-corrected chi connectivity index (χ2v) is 11.0. The van der Waals surface area contributed by atoms with E-state index in [1.165, 1.54) is 52.0 Å². The number of nitrogens with zero attached hydrogens (tertiary/aromatic N) is 3. The summed E-state index contributed by atoms with van der Waals surface area (Å²) in [5.41, 5.74) is 3.46. The Hall–Kier alpha value is -3.93. The molecule has 36 heavy (non-hydrogen) atoms. The van der Waals surface area contributed by atoms with Crippen LogP contribution in [0.2, 0.25) is 0 Å². The van der Waals surface area contributed by atoms with Crippen LogP contribution in [-0.2, 0) is 23.0 Å². The van der Waals surface area contributed by atoms with Crippen LogP contribution in [0.3, 0.4) is 0 Å². The molecule has 2 heterocycles. The maximum absolute atomic E-state index is 13.1. The van der Waals surface area contributed by atoms with E-state index in [4.69, 9.17) is 0 Å². The third-order valence-corrected chi connectivity index (χ3v) is 8.54. The van der Waals surface area contributed by atoms with Gasteiger partial charge in [0.05, 0.1) is 15.5 Å². The molecule has 4 aromatic rings. The number of amides is 1. The highest BCUT2D eigenvalue weighted by Crippen LogP contribution is 2.28. The fraction of sp³-hybridized carbons (Fsp3) is 0.120. The van der Waals surface area contributed by atoms with Crippen molar-refractivity contribution in [3.63, 3.8) is 0 Å². The SMILES string of the molecule is O=C(Nc1nc(-c2cccc([N+](=O)[O-])c2)cs1)c1ccc(S(=O)(=O)N2CCc3ccccc3C2)cc1. The number of hydrogen-bond acceptors (Lipinski definition) is 7. The van der Waals surface area contributed by atoms with Gasteiger partial charge in [-0.1, -0.05) is 36.4 Å². The molecule has 1 aromatic heterocycles. The quantitative estimate of drug-likeness (QED) is 0.290. The minimum absolute atomic E-state index is 0.0464. The van der Waals surface area contributed by atoms with Gasteiger partial charge in [-0.25, -0.2) is 13.4 Å². The molecular formula is C25H20N4O5S2. The molecule has 0 saturated carbocycles. The number of nitro benzene ring substituents is 1. The Balaban J connectivity index is 1.28. The van der Waals surface area contributed by atoms with Crippen LogP contribution in [0.4, 0.5) is 10.8 Å². The number of thiazole rings is 1. The molecule has 9 nitrogen and oxygen atoms in total. The van der Waals surface area contributed by atoms with Crippen molar-refractivity contribution >= 4 is 38.1 Å². The number of rotatable bonds is 6. The molecular weight excluding hydrogens is 500 g/mol. The number of benzene rings is 3. The van der Waals surface area contributed by atoms with E-state index in [9.17, 15) is 23.3 Å². The summed E-state index contributed by atoms with van der Waals surface area (Å²) in [6.45, 7) is 0.718. The highest BCUT2D eigenvalue weighted by molar-refractivity contribution is 7.89. The first-order chi connectivity index (χ1) is 17.3. The van der Waals surface area contributed by atoms with E-state index in [2.05, 4.69) is 10.3 Å². The molecule has 182 valence electrons. The van der Waals surface area contributed by atoms with Crippen LogP contribution < -0.4 is 5.32 Å². The summed E-state index contributed by atoms with van der Waals surface area (Å²) in [6, 6.07) is 19.7. The molecule has 0 atom stereocenters. The van der Waals surface area contributed by atoms with Crippen molar-refractivity contribution in [2.24, 2.45) is 0 Å². The molecule has 1 aliphatic rings. The number of sulfonamides is 1. The van der Waals surface area contributed by atoms with Crippen molar-refractivity contribution in [1.29, 1.82) is 0 Å². The number of nitrogens with one attached hydrogen (secondary N) is 1. The van der Waals surface area contributed by atoms with Crippen molar-refractivity contribution in [3.8, 4) is 11.3 Å². The number of carbonyl (C=O) groups excluding carboxylic acids is 1. The Morgan fingerprint density at radius 3 is 2.53 bits per heavy atom. The molecule has 0 spiro atoms. The van der Waals surface area contributed by atoms with Crippen LogP contribution in [0, 0.1) is 10.1 Å². The van der Waals surface area contributed by atoms with Gasteiger partial charge in [0, 0.05) is 41.7 Å². The third-order valence-electron chi connectivity index (χ3n) is 5.93. The Bertz CT molecular complexity index is 1570. The second-order valence-electron chi connectivity index (χ2n) is 8.18. The summed E-state index contributed by atoms with van der Waals surface area (Å²) in [4.78, 5) is 27.7. The number of anilines is 1. The first-order valence-electron chi connectivity index (χ1n) is 11.0. The average Bonchev–Trinajstić information content (AvgIpc) is 3.37. The largest absolute Gasteiger partial charge is 0.298 e. The molecule has 1 amide bonds. The van der Waals surface area contributed by atoms with Crippen LogP contribution in [0.5, 0.6) is 0 Å². The van der Waals surface area contributed by atoms with Gasteiger partial charge in [-0.2, -0.15) is 4.31 Å². The van der Waals surface area contributed by atoms with Gasteiger partial charge in [0.1, 0.15) is 0 Å². The molecule has 1 N–H and O–H groups in total. The molecule has 0 radical (unpaired) electrons. The van der Waals surface area contributed by atoms with Crippen molar-refractivity contribution in [2.75, 3.05) is 11.9 Å². The van der Waals surface area contributed by atoms with E-state index in [0.29, 0.717) is 35.9 Å². The molecule has 0 saturated heterocycles. The normalized spacial score (nSPS) is 13.7. The highest BCUT2D eigenvalue weighted by atomic mass is 32.2. The van der Waals surface area contributed by atoms with E-state index in [-0.39, 0.29) is 16.1 Å². The monoisotopic (exact) mass is 520 g/mol. The van der Waals surface area contributed by atoms with Gasteiger partial charge in [0.15, 0.2) is 5.13 Å². The van der Waals surface area contributed by atoms with Crippen molar-refractivity contribution < 1.29 is 18.1 Å². The van der Waals surface area contributed by atoms with E-state index in [1.54, 1.807) is 17.5 Å². The van der Waals surface area contributed by atoms with E-state index < -0.39 is 20.9 Å². The Morgan fingerprint density at radius 1 is 1.03 bits per heavy atom. The molecule has 0 fully saturated rings. The fourth-order valence-electron chi connectivity index (χ4n) is 4.01. The Kier molecular flexibility index (Phi) is 6.35. The van der Waals surface area contributed by atoms with Crippen LogP contribution in [0.1, 0.15) is 21.5 Å². The summed E-state index contributed by atoms with van der Waals surface area (Å²) < 4.78 is 27.7. The zero-order chi connectivity index (χ0) is 25.3. The number of hydrogen-bond donors (Lipinski definition) is 1. The zero-order valence-corrected chi connectivity index (χ0v) is 20.5. The predicted molar refractivity (Wildman–Crippen MR) is 136 cm³/mol. The van der Waals surface area contributed by atoms with Gasteiger partial charge >= 0.3 is 0 Å². The number of aromatic nitrogens is 1. The van der Waals surface area contributed by atoms with Crippen molar-refractivity contribution in [2.45, 2.75) is 17.9 Å². The lowest BCUT2D eigenvalue weighted by Gasteiger charge is -2.28. The van der Waals surface area contributed by atoms with Crippen LogP contribution in [0.25, 0.3) is 11.3 Å². The lowest BCUT2D eigenvalue weighted by Crippen LogP contribution is -2.35. The molecule has 0 bridgehead atoms. The van der Waals surface area contributed by atoms with Crippen molar-refractivity contribution in [3.05, 3.63) is 105 Å². The topological polar surface area (TPSA) is 123 Å². The first kappa shape index (κ1) is 23.8. The van der Waals surface area contributed by atoms with E-state index in [1.807, 2.05) is 24.3 Å². The zero-order valence-electron chi connectivity index (χ0n) is 18.8. The Morgan fingerprint density at radius 2 is 1.78 bits per heavy atom. The van der Waals surface area contributed by atoms with Crippen LogP contribution in [0.15, 0.2) is 83.1 Å². The lowest BCUT2D eigenvalue weighted by molar-refractivity contribution is -0.384. The molecule has 0 aliphatic carbocycles. The summed E-state index contributed by atoms with van der Waals surface area (Å²) in [5.74, 6) is -0.439. The predicted octanol–water partition coefficient (Wildman–Crippen LogP) is 4.72. The standard InChI is InChI=1S/C25H20N4O5S2/c30-24(27-25-26-23(16-35-25)19-6-3-7-21(14-19)29(31)32)18-8-10-22(11-9-18)36(33,34)28-13-12-17-4-1-2-5-20(17)15-28/h1-11,14,16H,12-13,15H2,(H,26,27,30). The number of fused-ring (bicyclic) bond motifs is 1. The van der Waals surface area contributed by atoms with Gasteiger partial charge in [-0.05, 0) is 41.8 Å². The number of non-ortho nitro benzene ring substituents is 1. The third kappa shape index (κ3) is 4.76. The average molecular weight is 521 g/mol. The fourth-order valence-corrected chi connectivity index (χ4v) is 6.15. The second kappa shape index (κ2) is 9.61. The van der Waals surface area contributed by atoms with Gasteiger partial charge in [-0.15, -0.1) is 11.3 Å². The van der Waals surface area contributed by atoms with Crippen molar-refractivity contribution in [1.82, 2.24) is 9.29 Å². The summed E-state index contributed by atoms with van der Waals surface area (Å²) in [7, 11) is -3.70. The minimum Gasteiger partial charge on any atom is -0.298 e. The van der Waals surface area contributed by atoms with Crippen LogP contribution in [-0.4, -0.2) is 35.1 Å². The smallest absolute Gasteiger partial charge is 0.270 e. The van der Waals surface area contributed by atoms with Gasteiger partial charge in [0.25, 0.3) is 11.6 Å². The molecule has 1 aliphatic heterocycles. The molecule has 3 aromatic carbocycles. The summed E-state index contributed by atoms with van der Waals surface area (Å²) >= 11 is 1.19. The number of nitro groups is 1. The highest BCUT2D eigenvalue weighted by Gasteiger charge is 2.28. The van der Waals surface area contributed by atoms with E-state index in [0.717, 1.165) is 11.1 Å². The van der Waals surface area contributed by atoms with Gasteiger partial charge < -0.3 is 0 Å². The molecule has 0 unspecified atom stereocenters. The molecule has 11 heteroatoms. The lowest BCUT2D eigenvalue weighted by atomic mass is 10.0. The summed E-state index contributed by atoms with van der Waals surface area (Å²) in [6.07, 6.45) is 0.655. The maximum atomic E-state index is 13.1. The van der Waals surface area contributed by atoms with Crippen LogP contribution >= 0.6 is 11.3 Å². The first-order valence-corrected chi connectivity index (χ1v) is 13.3. The summed E-state index contributed by atoms with van der Waals surface area (Å²) in [5, 5.41) is 15.7. The Labute approximate surface area is 211 Å². The maximum Gasteiger partial charge on any atom is 0.270 e.